The molecule has 0 amide bonds. The molecule has 3 nitrogen and oxygen atoms in total. The molecule has 0 aliphatic carbocycles. The maximum Gasteiger partial charge on any atom is 0.241 e. The average molecular weight is 455 g/mol. The second-order valence-corrected chi connectivity index (χ2v) is 18.4. The summed E-state index contributed by atoms with van der Waals surface area (Å²) in [6.45, 7) is 14.9. The predicted molar refractivity (Wildman–Crippen MR) is 135 cm³/mol. The molecule has 0 radical (unpaired) electrons. The molecule has 1 aliphatic rings. The van der Waals surface area contributed by atoms with E-state index in [4.69, 9.17) is 13.9 Å². The highest BCUT2D eigenvalue weighted by Crippen LogP contribution is 2.41. The van der Waals surface area contributed by atoms with Gasteiger partial charge in [-0.05, 0) is 39.1 Å². The molecule has 168 valence electrons. The summed E-state index contributed by atoms with van der Waals surface area (Å²) in [5, 5.41) is 2.82. The first-order valence-electron chi connectivity index (χ1n) is 11.5. The molecule has 1 fully saturated rings. The number of rotatable bonds is 9. The maximum atomic E-state index is 6.81. The van der Waals surface area contributed by atoms with Crippen LogP contribution in [-0.4, -0.2) is 35.4 Å². The van der Waals surface area contributed by atoms with Crippen molar-refractivity contribution in [3.05, 3.63) is 72.5 Å². The van der Waals surface area contributed by atoms with E-state index in [0.29, 0.717) is 13.2 Å². The molecular formula is C26H38O3Si2. The number of hydrogen-bond donors (Lipinski definition) is 0. The summed E-state index contributed by atoms with van der Waals surface area (Å²) >= 11 is 0. The Bertz CT molecular complexity index is 814. The first-order valence-corrected chi connectivity index (χ1v) is 17.4. The van der Waals surface area contributed by atoms with E-state index < -0.39 is 22.2 Å². The van der Waals surface area contributed by atoms with Crippen LogP contribution in [0.5, 0.6) is 0 Å². The van der Waals surface area contributed by atoms with Gasteiger partial charge in [0, 0.05) is 12.0 Å². The summed E-state index contributed by atoms with van der Waals surface area (Å²) in [7, 11) is -4.09. The molecule has 0 N–H and O–H groups in total. The van der Waals surface area contributed by atoms with Crippen molar-refractivity contribution in [2.75, 3.05) is 13.2 Å². The lowest BCUT2D eigenvalue weighted by Gasteiger charge is -2.42. The van der Waals surface area contributed by atoms with Crippen LogP contribution >= 0.6 is 0 Å². The van der Waals surface area contributed by atoms with Gasteiger partial charge in [0.05, 0.1) is 19.0 Å². The molecular weight excluding hydrogens is 416 g/mol. The third-order valence-electron chi connectivity index (χ3n) is 6.09. The van der Waals surface area contributed by atoms with Crippen LogP contribution in [0.15, 0.2) is 72.5 Å². The second kappa shape index (κ2) is 9.86. The molecule has 1 heterocycles. The lowest BCUT2D eigenvalue weighted by atomic mass is 10.1. The number of hydrogen-bond acceptors (Lipinski definition) is 3. The van der Waals surface area contributed by atoms with Crippen LogP contribution in [0.1, 0.15) is 26.7 Å². The third-order valence-corrected chi connectivity index (χ3v) is 11.9. The fraction of sp³-hybridized carbons (Fsp3) is 0.462. The van der Waals surface area contributed by atoms with E-state index in [-0.39, 0.29) is 5.54 Å². The quantitative estimate of drug-likeness (QED) is 0.367. The van der Waals surface area contributed by atoms with E-state index in [1.165, 1.54) is 10.4 Å². The zero-order chi connectivity index (χ0) is 22.5. The van der Waals surface area contributed by atoms with Crippen molar-refractivity contribution in [3.63, 3.8) is 0 Å². The number of ether oxygens (including phenoxy) is 2. The summed E-state index contributed by atoms with van der Waals surface area (Å²) in [5.41, 5.74) is 0.201. The molecule has 1 aliphatic heterocycles. The zero-order valence-electron chi connectivity index (χ0n) is 20.0. The first-order chi connectivity index (χ1) is 14.7. The molecule has 0 aromatic heterocycles. The molecule has 1 saturated heterocycles. The van der Waals surface area contributed by atoms with Gasteiger partial charge in [0.2, 0.25) is 8.32 Å². The van der Waals surface area contributed by atoms with Crippen molar-refractivity contribution in [2.24, 2.45) is 0 Å². The van der Waals surface area contributed by atoms with E-state index in [0.717, 1.165) is 18.6 Å². The van der Waals surface area contributed by atoms with E-state index in [1.54, 1.807) is 0 Å². The van der Waals surface area contributed by atoms with Gasteiger partial charge in [-0.2, -0.15) is 0 Å². The van der Waals surface area contributed by atoms with Gasteiger partial charge in [-0.15, -0.1) is 0 Å². The Hall–Kier alpha value is -1.67. The summed E-state index contributed by atoms with van der Waals surface area (Å²) in [6.07, 6.45) is 4.04. The highest BCUT2D eigenvalue weighted by atomic mass is 28.4. The molecule has 5 heteroatoms. The molecule has 2 aromatic carbocycles. The van der Waals surface area contributed by atoms with Crippen molar-refractivity contribution in [1.29, 1.82) is 0 Å². The Morgan fingerprint density at radius 3 is 1.84 bits per heavy atom. The lowest BCUT2D eigenvalue weighted by Crippen LogP contribution is -2.61. The minimum atomic E-state index is -2.28. The minimum Gasteiger partial charge on any atom is -0.548 e. The van der Waals surface area contributed by atoms with E-state index in [9.17, 15) is 0 Å². The predicted octanol–water partition coefficient (Wildman–Crippen LogP) is 5.55. The fourth-order valence-electron chi connectivity index (χ4n) is 4.58. The number of allylic oxidation sites excluding steroid dienone is 2. The Labute approximate surface area is 190 Å². The van der Waals surface area contributed by atoms with Gasteiger partial charge in [0.15, 0.2) is 5.79 Å². The van der Waals surface area contributed by atoms with Crippen LogP contribution in [0.2, 0.25) is 31.7 Å². The molecule has 0 spiro atoms. The fourth-order valence-corrected chi connectivity index (χ4v) is 10.1. The van der Waals surface area contributed by atoms with Crippen LogP contribution in [0.3, 0.4) is 0 Å². The third kappa shape index (κ3) is 5.77. The van der Waals surface area contributed by atoms with E-state index in [1.807, 2.05) is 0 Å². The lowest BCUT2D eigenvalue weighted by molar-refractivity contribution is -0.147. The van der Waals surface area contributed by atoms with E-state index in [2.05, 4.69) is 107 Å². The van der Waals surface area contributed by atoms with Crippen molar-refractivity contribution in [3.8, 4) is 0 Å². The van der Waals surface area contributed by atoms with Crippen molar-refractivity contribution < 1.29 is 13.9 Å². The van der Waals surface area contributed by atoms with E-state index >= 15 is 0 Å². The van der Waals surface area contributed by atoms with Crippen molar-refractivity contribution in [2.45, 2.75) is 64.2 Å². The van der Waals surface area contributed by atoms with Gasteiger partial charge in [-0.25, -0.2) is 0 Å². The zero-order valence-corrected chi connectivity index (χ0v) is 22.0. The largest absolute Gasteiger partial charge is 0.548 e. The van der Waals surface area contributed by atoms with Crippen LogP contribution in [-0.2, 0) is 13.9 Å². The Kier molecular flexibility index (Phi) is 7.63. The molecule has 1 atom stereocenters. The van der Waals surface area contributed by atoms with Gasteiger partial charge in [-0.3, -0.25) is 0 Å². The highest BCUT2D eigenvalue weighted by molar-refractivity contribution is 7.02. The summed E-state index contributed by atoms with van der Waals surface area (Å²) < 4.78 is 19.1. The Balaban J connectivity index is 2.20. The van der Waals surface area contributed by atoms with Gasteiger partial charge in [0.25, 0.3) is 0 Å². The summed E-state index contributed by atoms with van der Waals surface area (Å²) in [5.74, 6) is 0.543. The molecule has 1 unspecified atom stereocenters. The average Bonchev–Trinajstić information content (AvgIpc) is 3.18. The minimum absolute atomic E-state index is 0.201. The molecule has 31 heavy (non-hydrogen) atoms. The standard InChI is InChI=1S/C26H38O3Si2/c1-7-14-24(29-30(3,4)5)25(21-26(2)27-19-20-28-26)31(6,22-15-10-8-11-16-22)23-17-12-9-13-18-23/h8-18,25H,7,19-21H2,1-6H3/b24-14+. The smallest absolute Gasteiger partial charge is 0.241 e. The van der Waals surface area contributed by atoms with Crippen LogP contribution in [0, 0.1) is 0 Å². The van der Waals surface area contributed by atoms with Crippen molar-refractivity contribution in [1.82, 2.24) is 0 Å². The van der Waals surface area contributed by atoms with Gasteiger partial charge in [-0.1, -0.05) is 84.5 Å². The van der Waals surface area contributed by atoms with Gasteiger partial charge >= 0.3 is 0 Å². The highest BCUT2D eigenvalue weighted by Gasteiger charge is 2.48. The van der Waals surface area contributed by atoms with Crippen LogP contribution < -0.4 is 10.4 Å². The Morgan fingerprint density at radius 2 is 1.42 bits per heavy atom. The molecule has 0 saturated carbocycles. The van der Waals surface area contributed by atoms with Crippen LogP contribution in [0.4, 0.5) is 0 Å². The van der Waals surface area contributed by atoms with Gasteiger partial charge < -0.3 is 13.9 Å². The molecule has 0 bridgehead atoms. The SMILES string of the molecule is CC/C=C(/O[Si](C)(C)C)C(CC1(C)OCCO1)[Si](C)(c1ccccc1)c1ccccc1. The number of benzene rings is 2. The molecule has 2 aromatic rings. The molecule has 3 rings (SSSR count). The Morgan fingerprint density at radius 1 is 0.935 bits per heavy atom. The summed E-state index contributed by atoms with van der Waals surface area (Å²) in [4.78, 5) is 0. The first kappa shape index (κ1) is 24.0. The van der Waals surface area contributed by atoms with Crippen molar-refractivity contribution >= 4 is 26.8 Å². The summed E-state index contributed by atoms with van der Waals surface area (Å²) in [6, 6.07) is 22.0. The second-order valence-electron chi connectivity index (χ2n) is 9.75. The maximum absolute atomic E-state index is 6.81. The monoisotopic (exact) mass is 454 g/mol. The van der Waals surface area contributed by atoms with Crippen LogP contribution in [0.25, 0.3) is 0 Å². The topological polar surface area (TPSA) is 27.7 Å². The normalized spacial score (nSPS) is 18.1. The van der Waals surface area contributed by atoms with Gasteiger partial charge in [0.1, 0.15) is 8.07 Å².